The number of pyridine rings is 2. The van der Waals surface area contributed by atoms with Gasteiger partial charge in [-0.2, -0.15) is 5.26 Å². The zero-order valence-electron chi connectivity index (χ0n) is 18.4. The van der Waals surface area contributed by atoms with Gasteiger partial charge in [0.15, 0.2) is 5.76 Å². The van der Waals surface area contributed by atoms with Gasteiger partial charge in [0.05, 0.1) is 44.2 Å². The Bertz CT molecular complexity index is 1370. The lowest BCUT2D eigenvalue weighted by Gasteiger charge is -2.32. The summed E-state index contributed by atoms with van der Waals surface area (Å²) in [7, 11) is 0. The molecule has 1 fully saturated rings. The van der Waals surface area contributed by atoms with Gasteiger partial charge in [0.1, 0.15) is 23.3 Å². The van der Waals surface area contributed by atoms with Crippen LogP contribution in [0.3, 0.4) is 0 Å². The third kappa shape index (κ3) is 3.19. The Kier molecular flexibility index (Phi) is 5.05. The molecule has 0 saturated carbocycles. The van der Waals surface area contributed by atoms with E-state index < -0.39 is 0 Å². The monoisotopic (exact) mass is 459 g/mol. The predicted octanol–water partition coefficient (Wildman–Crippen LogP) is 0.715. The third-order valence-corrected chi connectivity index (χ3v) is 6.24. The molecule has 2 amide bonds. The number of aromatic amines is 1. The van der Waals surface area contributed by atoms with Gasteiger partial charge < -0.3 is 20.8 Å². The number of anilines is 4. The third-order valence-electron chi connectivity index (χ3n) is 6.24. The number of nitrogens with one attached hydrogen (secondary N) is 1. The van der Waals surface area contributed by atoms with Crippen LogP contribution >= 0.6 is 0 Å². The lowest BCUT2D eigenvalue weighted by atomic mass is 10.00. The Morgan fingerprint density at radius 2 is 2.06 bits per heavy atom. The van der Waals surface area contributed by atoms with E-state index in [1.807, 2.05) is 4.90 Å². The topological polar surface area (TPSA) is 160 Å². The minimum atomic E-state index is -0.176. The standard InChI is InChI=1S/C23H22N8O3/c1-2-5-31-16(32)11-13-17-14(12-24)21(27-19(25)18(17)20(26)28-22(13)31)29-6-8-30(9-7-29)23(33)15-4-3-10-34-15/h2-4,10H,1,5-9,11H2,(H2,25,27)(H2,26,28)/p+1. The average molecular weight is 459 g/mol. The van der Waals surface area contributed by atoms with Gasteiger partial charge >= 0.3 is 0 Å². The number of furan rings is 1. The number of fused-ring (bicyclic) bond motifs is 3. The van der Waals surface area contributed by atoms with Crippen molar-refractivity contribution in [3.63, 3.8) is 0 Å². The first-order valence-electron chi connectivity index (χ1n) is 10.8. The van der Waals surface area contributed by atoms with Gasteiger partial charge in [-0.15, -0.1) is 6.58 Å². The summed E-state index contributed by atoms with van der Waals surface area (Å²) in [5.41, 5.74) is 13.5. The van der Waals surface area contributed by atoms with Crippen LogP contribution in [0.1, 0.15) is 21.7 Å². The van der Waals surface area contributed by atoms with Crippen molar-refractivity contribution in [3.05, 3.63) is 47.9 Å². The summed E-state index contributed by atoms with van der Waals surface area (Å²) in [5.74, 6) is 1.33. The summed E-state index contributed by atoms with van der Waals surface area (Å²) < 4.78 is 5.22. The molecule has 11 nitrogen and oxygen atoms in total. The van der Waals surface area contributed by atoms with Gasteiger partial charge in [0.2, 0.25) is 17.5 Å². The number of hydrogen-bond donors (Lipinski definition) is 2. The van der Waals surface area contributed by atoms with Crippen LogP contribution in [0.5, 0.6) is 0 Å². The fourth-order valence-corrected chi connectivity index (χ4v) is 4.66. The van der Waals surface area contributed by atoms with Crippen molar-refractivity contribution >= 4 is 45.9 Å². The Morgan fingerprint density at radius 3 is 2.71 bits per heavy atom. The molecule has 11 heteroatoms. The van der Waals surface area contributed by atoms with Crippen molar-refractivity contribution < 1.29 is 19.0 Å². The first kappa shape index (κ1) is 21.3. The number of carbonyl (C=O) groups excluding carboxylic acids is 2. The highest BCUT2D eigenvalue weighted by molar-refractivity contribution is 6.12. The van der Waals surface area contributed by atoms with Crippen LogP contribution in [-0.2, 0) is 11.2 Å². The summed E-state index contributed by atoms with van der Waals surface area (Å²) in [4.78, 5) is 38.0. The smallest absolute Gasteiger partial charge is 0.289 e. The maximum absolute atomic E-state index is 12.7. The number of nitrogens with two attached hydrogens (primary N) is 2. The molecule has 3 aromatic heterocycles. The zero-order valence-corrected chi connectivity index (χ0v) is 18.4. The van der Waals surface area contributed by atoms with Crippen LogP contribution in [0.25, 0.3) is 10.8 Å². The minimum absolute atomic E-state index is 0.0932. The molecular weight excluding hydrogens is 436 g/mol. The molecule has 0 aromatic carbocycles. The van der Waals surface area contributed by atoms with Gasteiger partial charge in [-0.1, -0.05) is 6.08 Å². The number of nitriles is 1. The van der Waals surface area contributed by atoms with Crippen molar-refractivity contribution in [2.75, 3.05) is 54.0 Å². The molecule has 0 unspecified atom stereocenters. The summed E-state index contributed by atoms with van der Waals surface area (Å²) >= 11 is 0. The van der Waals surface area contributed by atoms with E-state index in [-0.39, 0.29) is 29.9 Å². The molecule has 2 aliphatic rings. The van der Waals surface area contributed by atoms with Gasteiger partial charge in [0.25, 0.3) is 5.91 Å². The Morgan fingerprint density at radius 1 is 1.29 bits per heavy atom. The normalized spacial score (nSPS) is 15.5. The number of rotatable bonds is 4. The maximum atomic E-state index is 12.7. The van der Waals surface area contributed by atoms with E-state index in [1.165, 1.54) is 11.2 Å². The van der Waals surface area contributed by atoms with Crippen LogP contribution in [0.2, 0.25) is 0 Å². The molecule has 1 saturated heterocycles. The number of aromatic nitrogens is 2. The van der Waals surface area contributed by atoms with Gasteiger partial charge in [-0.25, -0.2) is 9.97 Å². The lowest BCUT2D eigenvalue weighted by Crippen LogP contribution is -2.50. The first-order valence-corrected chi connectivity index (χ1v) is 10.8. The summed E-state index contributed by atoms with van der Waals surface area (Å²) in [5, 5.41) is 11.1. The quantitative estimate of drug-likeness (QED) is 0.540. The molecule has 0 atom stereocenters. The molecule has 0 aliphatic carbocycles. The number of hydrogen-bond acceptors (Lipinski definition) is 8. The molecule has 2 aliphatic heterocycles. The Hall–Kier alpha value is -4.59. The van der Waals surface area contributed by atoms with Crippen molar-refractivity contribution in [2.24, 2.45) is 0 Å². The number of nitrogens with zero attached hydrogens (tertiary/aromatic N) is 5. The van der Waals surface area contributed by atoms with Crippen LogP contribution in [-0.4, -0.2) is 54.4 Å². The van der Waals surface area contributed by atoms with Crippen LogP contribution in [0.4, 0.5) is 23.3 Å². The van der Waals surface area contributed by atoms with E-state index in [2.05, 4.69) is 22.6 Å². The zero-order chi connectivity index (χ0) is 24.0. The van der Waals surface area contributed by atoms with Crippen LogP contribution in [0.15, 0.2) is 35.5 Å². The summed E-state index contributed by atoms with van der Waals surface area (Å²) in [6, 6.07) is 5.59. The first-order chi connectivity index (χ1) is 16.4. The number of nitrogen functional groups attached to an aromatic ring is 2. The van der Waals surface area contributed by atoms with E-state index in [0.717, 1.165) is 0 Å². The fraction of sp³-hybridized carbons (Fsp3) is 0.261. The molecule has 0 bridgehead atoms. The molecule has 0 radical (unpaired) electrons. The van der Waals surface area contributed by atoms with Crippen molar-refractivity contribution in [1.82, 2.24) is 9.88 Å². The predicted molar refractivity (Wildman–Crippen MR) is 125 cm³/mol. The number of H-pyrrole nitrogens is 1. The SMILES string of the molecule is C=CCN1C(=O)Cc2c1nc(N)c1c(N)[nH+]c(N3CCN(C(=O)c4ccco4)CC3)c(C#N)c21. The van der Waals surface area contributed by atoms with Crippen molar-refractivity contribution in [1.29, 1.82) is 5.26 Å². The second kappa shape index (κ2) is 8.08. The minimum Gasteiger partial charge on any atom is -0.459 e. The number of amides is 2. The average Bonchev–Trinajstić information content (AvgIpc) is 3.48. The molecule has 0 spiro atoms. The second-order valence-electron chi connectivity index (χ2n) is 8.15. The molecule has 5 heterocycles. The second-order valence-corrected chi connectivity index (χ2v) is 8.15. The summed E-state index contributed by atoms with van der Waals surface area (Å²) in [6.45, 7) is 5.84. The molecule has 34 heavy (non-hydrogen) atoms. The molecule has 5 rings (SSSR count). The largest absolute Gasteiger partial charge is 0.459 e. The van der Waals surface area contributed by atoms with E-state index in [1.54, 1.807) is 23.1 Å². The van der Waals surface area contributed by atoms with Crippen molar-refractivity contribution in [2.45, 2.75) is 6.42 Å². The highest BCUT2D eigenvalue weighted by Gasteiger charge is 2.36. The van der Waals surface area contributed by atoms with Crippen molar-refractivity contribution in [3.8, 4) is 6.07 Å². The van der Waals surface area contributed by atoms with E-state index in [9.17, 15) is 14.9 Å². The Labute approximate surface area is 194 Å². The lowest BCUT2D eigenvalue weighted by molar-refractivity contribution is -0.345. The maximum Gasteiger partial charge on any atom is 0.289 e. The highest BCUT2D eigenvalue weighted by atomic mass is 16.3. The Balaban J connectivity index is 1.55. The van der Waals surface area contributed by atoms with Crippen LogP contribution in [0, 0.1) is 11.3 Å². The van der Waals surface area contributed by atoms with Gasteiger partial charge in [0, 0.05) is 17.5 Å². The van der Waals surface area contributed by atoms with Gasteiger partial charge in [-0.3, -0.25) is 19.4 Å². The summed E-state index contributed by atoms with van der Waals surface area (Å²) in [6.07, 6.45) is 3.17. The number of piperazine rings is 1. The van der Waals surface area contributed by atoms with E-state index in [0.29, 0.717) is 72.0 Å². The van der Waals surface area contributed by atoms with E-state index in [4.69, 9.17) is 15.9 Å². The molecule has 5 N–H and O–H groups in total. The van der Waals surface area contributed by atoms with E-state index >= 15 is 0 Å². The molecule has 172 valence electrons. The fourth-order valence-electron chi connectivity index (χ4n) is 4.66. The van der Waals surface area contributed by atoms with Gasteiger partial charge in [-0.05, 0) is 12.1 Å². The molecule has 3 aromatic rings. The van der Waals surface area contributed by atoms with Crippen LogP contribution < -0.4 is 26.3 Å². The molecular formula is C23H23N8O3+. The number of carbonyl (C=O) groups is 2. The highest BCUT2D eigenvalue weighted by Crippen LogP contribution is 2.40.